The minimum Gasteiger partial charge on any atom is -0.445 e. The van der Waals surface area contributed by atoms with Gasteiger partial charge < -0.3 is 14.9 Å². The third-order valence-electron chi connectivity index (χ3n) is 2.83. The molecular formula is C14H22N2O3. The lowest BCUT2D eigenvalue weighted by Crippen LogP contribution is -2.26. The van der Waals surface area contributed by atoms with Crippen LogP contribution in [0.3, 0.4) is 0 Å². The average Bonchev–Trinajstić information content (AvgIpc) is 2.46. The zero-order valence-corrected chi connectivity index (χ0v) is 11.3. The van der Waals surface area contributed by atoms with Crippen LogP contribution >= 0.6 is 0 Å². The fourth-order valence-corrected chi connectivity index (χ4v) is 1.66. The number of alkyl carbamates (subject to hydrolysis) is 1. The van der Waals surface area contributed by atoms with Crippen LogP contribution in [0.2, 0.25) is 0 Å². The molecule has 0 aliphatic heterocycles. The van der Waals surface area contributed by atoms with Gasteiger partial charge in [-0.3, -0.25) is 0 Å². The molecule has 0 aromatic heterocycles. The lowest BCUT2D eigenvalue weighted by molar-refractivity contribution is 0.0434. The van der Waals surface area contributed by atoms with E-state index in [1.165, 1.54) is 0 Å². The molecule has 19 heavy (non-hydrogen) atoms. The number of ether oxygens (including phenoxy) is 1. The van der Waals surface area contributed by atoms with Gasteiger partial charge >= 0.3 is 6.09 Å². The second kappa shape index (κ2) is 9.35. The molecule has 106 valence electrons. The predicted molar refractivity (Wildman–Crippen MR) is 73.2 cm³/mol. The number of rotatable bonds is 8. The number of hydrogen-bond donors (Lipinski definition) is 2. The van der Waals surface area contributed by atoms with Crippen LogP contribution in [0.5, 0.6) is 0 Å². The molecule has 0 fully saturated rings. The molecule has 0 bridgehead atoms. The Labute approximate surface area is 114 Å². The van der Waals surface area contributed by atoms with Gasteiger partial charge in [-0.05, 0) is 24.8 Å². The molecular weight excluding hydrogens is 244 g/mol. The zero-order valence-electron chi connectivity index (χ0n) is 11.3. The van der Waals surface area contributed by atoms with Gasteiger partial charge in [0.1, 0.15) is 6.61 Å². The maximum Gasteiger partial charge on any atom is 0.407 e. The van der Waals surface area contributed by atoms with Crippen LogP contribution in [0, 0.1) is 0 Å². The first kappa shape index (κ1) is 15.5. The first-order valence-electron chi connectivity index (χ1n) is 6.56. The summed E-state index contributed by atoms with van der Waals surface area (Å²) in [5, 5.41) is 2.70. The normalized spacial score (nSPS) is 11.9. The van der Waals surface area contributed by atoms with Gasteiger partial charge in [0.25, 0.3) is 0 Å². The highest BCUT2D eigenvalue weighted by Gasteiger charge is 2.06. The minimum atomic E-state index is -0.398. The highest BCUT2D eigenvalue weighted by molar-refractivity contribution is 5.67. The molecule has 0 saturated heterocycles. The Kier molecular flexibility index (Phi) is 7.62. The van der Waals surface area contributed by atoms with E-state index in [1.54, 1.807) is 0 Å². The molecule has 1 amide bonds. The number of nitrogens with one attached hydrogen (secondary N) is 1. The quantitative estimate of drug-likeness (QED) is 0.559. The zero-order chi connectivity index (χ0) is 13.9. The molecule has 1 atom stereocenters. The summed E-state index contributed by atoms with van der Waals surface area (Å²) in [4.78, 5) is 16.2. The molecule has 0 saturated carbocycles. The number of amides is 1. The van der Waals surface area contributed by atoms with Crippen LogP contribution in [-0.4, -0.2) is 18.7 Å². The van der Waals surface area contributed by atoms with Crippen molar-refractivity contribution in [3.05, 3.63) is 35.9 Å². The Morgan fingerprint density at radius 3 is 2.74 bits per heavy atom. The van der Waals surface area contributed by atoms with E-state index in [9.17, 15) is 4.79 Å². The van der Waals surface area contributed by atoms with Crippen LogP contribution < -0.4 is 11.2 Å². The monoisotopic (exact) mass is 266 g/mol. The van der Waals surface area contributed by atoms with Gasteiger partial charge in [-0.25, -0.2) is 10.7 Å². The molecule has 0 heterocycles. The fraction of sp³-hybridized carbons (Fsp3) is 0.500. The summed E-state index contributed by atoms with van der Waals surface area (Å²) in [6.45, 7) is 2.86. The topological polar surface area (TPSA) is 73.6 Å². The van der Waals surface area contributed by atoms with Crippen molar-refractivity contribution in [2.75, 3.05) is 6.54 Å². The SMILES string of the molecule is CC[C@@H](CCCNC(=O)OCc1ccccc1)ON. The van der Waals surface area contributed by atoms with E-state index in [0.717, 1.165) is 24.8 Å². The Hall–Kier alpha value is -1.59. The summed E-state index contributed by atoms with van der Waals surface area (Å²) in [7, 11) is 0. The standard InChI is InChI=1S/C14H22N2O3/c1-2-13(19-15)9-6-10-16-14(17)18-11-12-7-4-3-5-8-12/h3-5,7-8,13H,2,6,9-11,15H2,1H3,(H,16,17)/t13-/m0/s1. The van der Waals surface area contributed by atoms with Crippen molar-refractivity contribution >= 4 is 6.09 Å². The molecule has 0 aliphatic carbocycles. The number of benzene rings is 1. The second-order valence-corrected chi connectivity index (χ2v) is 4.30. The highest BCUT2D eigenvalue weighted by atomic mass is 16.6. The molecule has 0 unspecified atom stereocenters. The number of hydrogen-bond acceptors (Lipinski definition) is 4. The van der Waals surface area contributed by atoms with Crippen molar-refractivity contribution in [3.63, 3.8) is 0 Å². The first-order valence-corrected chi connectivity index (χ1v) is 6.56. The molecule has 5 heteroatoms. The molecule has 0 radical (unpaired) electrons. The van der Waals surface area contributed by atoms with Crippen molar-refractivity contribution in [1.82, 2.24) is 5.32 Å². The number of carbonyl (C=O) groups excluding carboxylic acids is 1. The van der Waals surface area contributed by atoms with Crippen LogP contribution in [0.4, 0.5) is 4.79 Å². The lowest BCUT2D eigenvalue weighted by Gasteiger charge is -2.12. The Morgan fingerprint density at radius 2 is 2.11 bits per heavy atom. The Balaban J connectivity index is 2.08. The van der Waals surface area contributed by atoms with Gasteiger partial charge in [-0.2, -0.15) is 0 Å². The van der Waals surface area contributed by atoms with Gasteiger partial charge in [0.15, 0.2) is 0 Å². The van der Waals surface area contributed by atoms with E-state index in [-0.39, 0.29) is 12.7 Å². The maximum atomic E-state index is 11.4. The van der Waals surface area contributed by atoms with E-state index >= 15 is 0 Å². The predicted octanol–water partition coefficient (Wildman–Crippen LogP) is 2.36. The largest absolute Gasteiger partial charge is 0.445 e. The highest BCUT2D eigenvalue weighted by Crippen LogP contribution is 2.03. The van der Waals surface area contributed by atoms with Gasteiger partial charge in [0.05, 0.1) is 6.10 Å². The van der Waals surface area contributed by atoms with Crippen LogP contribution in [0.15, 0.2) is 30.3 Å². The van der Waals surface area contributed by atoms with E-state index in [2.05, 4.69) is 5.32 Å². The maximum absolute atomic E-state index is 11.4. The van der Waals surface area contributed by atoms with Crippen molar-refractivity contribution < 1.29 is 14.4 Å². The molecule has 1 aromatic rings. The number of nitrogens with two attached hydrogens (primary N) is 1. The summed E-state index contributed by atoms with van der Waals surface area (Å²) in [5.41, 5.74) is 0.972. The van der Waals surface area contributed by atoms with Crippen LogP contribution in [0.1, 0.15) is 31.7 Å². The van der Waals surface area contributed by atoms with Gasteiger partial charge in [0, 0.05) is 6.54 Å². The molecule has 3 N–H and O–H groups in total. The van der Waals surface area contributed by atoms with Gasteiger partial charge in [-0.1, -0.05) is 37.3 Å². The van der Waals surface area contributed by atoms with E-state index in [1.807, 2.05) is 37.3 Å². The third kappa shape index (κ3) is 6.79. The second-order valence-electron chi connectivity index (χ2n) is 4.30. The lowest BCUT2D eigenvalue weighted by atomic mass is 10.1. The number of carbonyl (C=O) groups is 1. The average molecular weight is 266 g/mol. The summed E-state index contributed by atoms with van der Waals surface area (Å²) in [6.07, 6.45) is 2.17. The first-order chi connectivity index (χ1) is 9.26. The van der Waals surface area contributed by atoms with E-state index in [0.29, 0.717) is 6.54 Å². The van der Waals surface area contributed by atoms with Gasteiger partial charge in [-0.15, -0.1) is 0 Å². The summed E-state index contributed by atoms with van der Waals surface area (Å²) >= 11 is 0. The molecule has 5 nitrogen and oxygen atoms in total. The molecule has 0 aliphatic rings. The Bertz CT molecular complexity index is 353. The summed E-state index contributed by atoms with van der Waals surface area (Å²) < 4.78 is 5.08. The van der Waals surface area contributed by atoms with Crippen molar-refractivity contribution in [2.24, 2.45) is 5.90 Å². The van der Waals surface area contributed by atoms with Gasteiger partial charge in [0.2, 0.25) is 0 Å². The van der Waals surface area contributed by atoms with Crippen molar-refractivity contribution in [3.8, 4) is 0 Å². The van der Waals surface area contributed by atoms with Crippen LogP contribution in [-0.2, 0) is 16.2 Å². The van der Waals surface area contributed by atoms with Crippen molar-refractivity contribution in [2.45, 2.75) is 38.9 Å². The summed E-state index contributed by atoms with van der Waals surface area (Å²) in [6, 6.07) is 9.57. The minimum absolute atomic E-state index is 0.0575. The van der Waals surface area contributed by atoms with E-state index < -0.39 is 6.09 Å². The molecule has 0 spiro atoms. The fourth-order valence-electron chi connectivity index (χ4n) is 1.66. The van der Waals surface area contributed by atoms with Crippen molar-refractivity contribution in [1.29, 1.82) is 0 Å². The molecule has 1 aromatic carbocycles. The Morgan fingerprint density at radius 1 is 1.37 bits per heavy atom. The van der Waals surface area contributed by atoms with E-state index in [4.69, 9.17) is 15.5 Å². The summed E-state index contributed by atoms with van der Waals surface area (Å²) in [5.74, 6) is 5.13. The molecule has 1 rings (SSSR count). The smallest absolute Gasteiger partial charge is 0.407 e. The van der Waals surface area contributed by atoms with Crippen LogP contribution in [0.25, 0.3) is 0 Å². The third-order valence-corrected chi connectivity index (χ3v) is 2.83.